The molecule has 26 heavy (non-hydrogen) atoms. The normalized spacial score (nSPS) is 11.1. The van der Waals surface area contributed by atoms with Gasteiger partial charge in [0.05, 0.1) is 6.04 Å². The van der Waals surface area contributed by atoms with Gasteiger partial charge in [0.2, 0.25) is 0 Å². The highest BCUT2D eigenvalue weighted by molar-refractivity contribution is 5.73. The highest BCUT2D eigenvalue weighted by Crippen LogP contribution is 2.04. The van der Waals surface area contributed by atoms with Crippen molar-refractivity contribution in [2.45, 2.75) is 46.8 Å². The maximum Gasteiger partial charge on any atom is 0.408 e. The number of rotatable bonds is 6. The standard InChI is InChI=1S/C14H19NO3.C8H10/c1-11(2)8-13(9-16)15-14(17)18-10-12-6-4-3-5-7-12;1-7-3-5-8(2)6-4-7/h3-7,9,11,13H,8,10H2,1-2H3,(H,15,17);3-6H,1-2H3. The number of ether oxygens (including phenoxy) is 1. The fourth-order valence-corrected chi connectivity index (χ4v) is 2.21. The minimum absolute atomic E-state index is 0.208. The Hall–Kier alpha value is -2.62. The molecule has 0 aliphatic rings. The molecule has 0 aliphatic carbocycles. The molecule has 0 saturated carbocycles. The van der Waals surface area contributed by atoms with Crippen molar-refractivity contribution in [3.05, 3.63) is 71.3 Å². The lowest BCUT2D eigenvalue weighted by Gasteiger charge is -2.14. The van der Waals surface area contributed by atoms with Crippen LogP contribution in [0.15, 0.2) is 54.6 Å². The average molecular weight is 355 g/mol. The zero-order valence-corrected chi connectivity index (χ0v) is 16.1. The van der Waals surface area contributed by atoms with Gasteiger partial charge >= 0.3 is 6.09 Å². The molecule has 4 heteroatoms. The van der Waals surface area contributed by atoms with Crippen LogP contribution in [-0.4, -0.2) is 18.4 Å². The first-order chi connectivity index (χ1) is 12.4. The molecule has 2 rings (SSSR count). The Bertz CT molecular complexity index is 630. The van der Waals surface area contributed by atoms with Crippen molar-refractivity contribution in [2.24, 2.45) is 5.92 Å². The molecule has 0 fully saturated rings. The van der Waals surface area contributed by atoms with Crippen LogP contribution in [0, 0.1) is 19.8 Å². The van der Waals surface area contributed by atoms with Crippen LogP contribution >= 0.6 is 0 Å². The maximum absolute atomic E-state index is 11.5. The predicted molar refractivity (Wildman–Crippen MR) is 105 cm³/mol. The van der Waals surface area contributed by atoms with Crippen molar-refractivity contribution in [2.75, 3.05) is 0 Å². The summed E-state index contributed by atoms with van der Waals surface area (Å²) in [5, 5.41) is 2.54. The molecule has 0 bridgehead atoms. The molecule has 1 atom stereocenters. The number of amides is 1. The van der Waals surface area contributed by atoms with Gasteiger partial charge in [-0.2, -0.15) is 0 Å². The molecule has 2 aromatic carbocycles. The average Bonchev–Trinajstić information content (AvgIpc) is 2.63. The number of carbonyl (C=O) groups excluding carboxylic acids is 2. The van der Waals surface area contributed by atoms with Crippen molar-refractivity contribution >= 4 is 12.4 Å². The van der Waals surface area contributed by atoms with E-state index in [1.54, 1.807) is 0 Å². The molecular weight excluding hydrogens is 326 g/mol. The second kappa shape index (κ2) is 11.9. The zero-order valence-electron chi connectivity index (χ0n) is 16.1. The lowest BCUT2D eigenvalue weighted by molar-refractivity contribution is -0.109. The fourth-order valence-electron chi connectivity index (χ4n) is 2.21. The summed E-state index contributed by atoms with van der Waals surface area (Å²) < 4.78 is 5.03. The van der Waals surface area contributed by atoms with Gasteiger partial charge < -0.3 is 14.8 Å². The fraction of sp³-hybridized carbons (Fsp3) is 0.364. The Morgan fingerprint density at radius 3 is 2.00 bits per heavy atom. The maximum atomic E-state index is 11.5. The Kier molecular flexibility index (Phi) is 9.77. The van der Waals surface area contributed by atoms with E-state index in [0.29, 0.717) is 12.3 Å². The van der Waals surface area contributed by atoms with Crippen LogP contribution in [0.1, 0.15) is 37.0 Å². The summed E-state index contributed by atoms with van der Waals surface area (Å²) in [5.41, 5.74) is 3.57. The van der Waals surface area contributed by atoms with Gasteiger partial charge in [-0.05, 0) is 31.7 Å². The van der Waals surface area contributed by atoms with Gasteiger partial charge in [0.15, 0.2) is 0 Å². The van der Waals surface area contributed by atoms with Gasteiger partial charge in [0, 0.05) is 0 Å². The molecular formula is C22H29NO3. The predicted octanol–water partition coefficient (Wildman–Crippen LogP) is 4.83. The van der Waals surface area contributed by atoms with E-state index in [0.717, 1.165) is 11.8 Å². The second-order valence-electron chi connectivity index (χ2n) is 6.73. The first-order valence-corrected chi connectivity index (χ1v) is 8.86. The molecule has 1 unspecified atom stereocenters. The summed E-state index contributed by atoms with van der Waals surface area (Å²) in [6, 6.07) is 17.4. The van der Waals surface area contributed by atoms with Gasteiger partial charge in [-0.3, -0.25) is 0 Å². The van der Waals surface area contributed by atoms with Gasteiger partial charge in [-0.15, -0.1) is 0 Å². The van der Waals surface area contributed by atoms with Crippen LogP contribution in [0.2, 0.25) is 0 Å². The van der Waals surface area contributed by atoms with Crippen molar-refractivity contribution in [3.8, 4) is 0 Å². The van der Waals surface area contributed by atoms with E-state index in [-0.39, 0.29) is 6.61 Å². The van der Waals surface area contributed by atoms with E-state index in [1.807, 2.05) is 44.2 Å². The first-order valence-electron chi connectivity index (χ1n) is 8.86. The number of nitrogens with one attached hydrogen (secondary N) is 1. The Labute approximate surface area is 156 Å². The zero-order chi connectivity index (χ0) is 19.4. The van der Waals surface area contributed by atoms with Crippen LogP contribution in [0.3, 0.4) is 0 Å². The number of carbonyl (C=O) groups is 2. The molecule has 0 heterocycles. The van der Waals surface area contributed by atoms with E-state index in [4.69, 9.17) is 4.74 Å². The highest BCUT2D eigenvalue weighted by Gasteiger charge is 2.13. The minimum Gasteiger partial charge on any atom is -0.445 e. The molecule has 0 aliphatic heterocycles. The molecule has 140 valence electrons. The summed E-state index contributed by atoms with van der Waals surface area (Å²) in [6.07, 6.45) is 0.796. The highest BCUT2D eigenvalue weighted by atomic mass is 16.5. The monoisotopic (exact) mass is 355 g/mol. The first kappa shape index (κ1) is 21.4. The number of hydrogen-bond acceptors (Lipinski definition) is 3. The molecule has 4 nitrogen and oxygen atoms in total. The SMILES string of the molecule is CC(C)CC(C=O)NC(=O)OCc1ccccc1.Cc1ccc(C)cc1. The van der Waals surface area contributed by atoms with Crippen LogP contribution in [0.4, 0.5) is 4.79 Å². The molecule has 2 aromatic rings. The third-order valence-corrected chi connectivity index (χ3v) is 3.62. The van der Waals surface area contributed by atoms with E-state index >= 15 is 0 Å². The van der Waals surface area contributed by atoms with E-state index in [2.05, 4.69) is 43.4 Å². The van der Waals surface area contributed by atoms with Crippen LogP contribution in [0.25, 0.3) is 0 Å². The van der Waals surface area contributed by atoms with Gasteiger partial charge in [0.1, 0.15) is 12.9 Å². The van der Waals surface area contributed by atoms with Gasteiger partial charge in [-0.1, -0.05) is 79.6 Å². The molecule has 0 radical (unpaired) electrons. The van der Waals surface area contributed by atoms with Crippen LogP contribution < -0.4 is 5.32 Å². The summed E-state index contributed by atoms with van der Waals surface area (Å²) in [5.74, 6) is 0.342. The van der Waals surface area contributed by atoms with Crippen LogP contribution in [-0.2, 0) is 16.1 Å². The van der Waals surface area contributed by atoms with Crippen molar-refractivity contribution < 1.29 is 14.3 Å². The van der Waals surface area contributed by atoms with Crippen LogP contribution in [0.5, 0.6) is 0 Å². The third-order valence-electron chi connectivity index (χ3n) is 3.62. The summed E-state index contributed by atoms with van der Waals surface area (Å²) in [4.78, 5) is 22.3. The van der Waals surface area contributed by atoms with Crippen molar-refractivity contribution in [1.29, 1.82) is 0 Å². The summed E-state index contributed by atoms with van der Waals surface area (Å²) >= 11 is 0. The molecule has 0 spiro atoms. The summed E-state index contributed by atoms with van der Waals surface area (Å²) in [6.45, 7) is 8.39. The second-order valence-corrected chi connectivity index (χ2v) is 6.73. The third kappa shape index (κ3) is 9.62. The van der Waals surface area contributed by atoms with Gasteiger partial charge in [-0.25, -0.2) is 4.79 Å². The largest absolute Gasteiger partial charge is 0.445 e. The van der Waals surface area contributed by atoms with E-state index in [1.165, 1.54) is 11.1 Å². The van der Waals surface area contributed by atoms with Crippen molar-refractivity contribution in [3.63, 3.8) is 0 Å². The molecule has 0 aromatic heterocycles. The van der Waals surface area contributed by atoms with E-state index < -0.39 is 12.1 Å². The van der Waals surface area contributed by atoms with Crippen molar-refractivity contribution in [1.82, 2.24) is 5.32 Å². The smallest absolute Gasteiger partial charge is 0.408 e. The number of benzene rings is 2. The molecule has 1 amide bonds. The number of alkyl carbamates (subject to hydrolysis) is 1. The Morgan fingerprint density at radius 2 is 1.54 bits per heavy atom. The number of aldehydes is 1. The quantitative estimate of drug-likeness (QED) is 0.755. The number of aryl methyl sites for hydroxylation is 2. The van der Waals surface area contributed by atoms with E-state index in [9.17, 15) is 9.59 Å². The Balaban J connectivity index is 0.000000350. The van der Waals surface area contributed by atoms with Gasteiger partial charge in [0.25, 0.3) is 0 Å². The molecule has 1 N–H and O–H groups in total. The topological polar surface area (TPSA) is 55.4 Å². The minimum atomic E-state index is -0.559. The Morgan fingerprint density at radius 1 is 1.00 bits per heavy atom. The molecule has 0 saturated heterocycles. The lowest BCUT2D eigenvalue weighted by Crippen LogP contribution is -2.37. The lowest BCUT2D eigenvalue weighted by atomic mass is 10.1. The summed E-state index contributed by atoms with van der Waals surface area (Å²) in [7, 11) is 0. The number of hydrogen-bond donors (Lipinski definition) is 1.